The summed E-state index contributed by atoms with van der Waals surface area (Å²) in [6.45, 7) is 2.56. The van der Waals surface area contributed by atoms with Crippen LogP contribution in [0.5, 0.6) is 0 Å². The first-order valence-electron chi connectivity index (χ1n) is 8.56. The normalized spacial score (nSPS) is 15.9. The number of rotatable bonds is 5. The lowest BCUT2D eigenvalue weighted by Crippen LogP contribution is -2.38. The third kappa shape index (κ3) is 4.68. The van der Waals surface area contributed by atoms with E-state index < -0.39 is 17.8 Å². The Labute approximate surface area is 159 Å². The van der Waals surface area contributed by atoms with Crippen LogP contribution in [0.15, 0.2) is 36.4 Å². The molecule has 1 N–H and O–H groups in total. The Kier molecular flexibility index (Phi) is 5.55. The minimum Gasteiger partial charge on any atom is -0.343 e. The fraction of sp³-hybridized carbons (Fsp3) is 0.368. The van der Waals surface area contributed by atoms with Gasteiger partial charge in [0, 0.05) is 24.4 Å². The van der Waals surface area contributed by atoms with Crippen molar-refractivity contribution >= 4 is 23.2 Å². The first-order chi connectivity index (χ1) is 12.7. The molecule has 1 aromatic carbocycles. The van der Waals surface area contributed by atoms with Gasteiger partial charge in [-0.2, -0.15) is 13.2 Å². The van der Waals surface area contributed by atoms with Gasteiger partial charge >= 0.3 is 6.18 Å². The SMILES string of the molecule is Cc1ccc(C(=O)N[C@@H](CN2CCCC2=O)c2cccc(C(F)(F)F)c2)s1. The zero-order chi connectivity index (χ0) is 19.6. The summed E-state index contributed by atoms with van der Waals surface area (Å²) in [5, 5.41) is 2.80. The maximum absolute atomic E-state index is 13.1. The van der Waals surface area contributed by atoms with E-state index in [4.69, 9.17) is 0 Å². The van der Waals surface area contributed by atoms with Gasteiger partial charge in [-0.1, -0.05) is 12.1 Å². The van der Waals surface area contributed by atoms with Crippen molar-refractivity contribution < 1.29 is 22.8 Å². The van der Waals surface area contributed by atoms with Gasteiger partial charge in [-0.05, 0) is 43.2 Å². The zero-order valence-electron chi connectivity index (χ0n) is 14.7. The monoisotopic (exact) mass is 396 g/mol. The van der Waals surface area contributed by atoms with E-state index in [-0.39, 0.29) is 18.4 Å². The fourth-order valence-electron chi connectivity index (χ4n) is 3.07. The first-order valence-corrected chi connectivity index (χ1v) is 9.38. The quantitative estimate of drug-likeness (QED) is 0.825. The molecule has 1 atom stereocenters. The van der Waals surface area contributed by atoms with Crippen molar-refractivity contribution in [1.82, 2.24) is 10.2 Å². The summed E-state index contributed by atoms with van der Waals surface area (Å²) in [6.07, 6.45) is -3.33. The Morgan fingerprint density at radius 2 is 2.07 bits per heavy atom. The third-order valence-electron chi connectivity index (χ3n) is 4.46. The van der Waals surface area contributed by atoms with Gasteiger partial charge in [0.05, 0.1) is 16.5 Å². The topological polar surface area (TPSA) is 49.4 Å². The lowest BCUT2D eigenvalue weighted by Gasteiger charge is -2.25. The highest BCUT2D eigenvalue weighted by atomic mass is 32.1. The number of hydrogen-bond acceptors (Lipinski definition) is 3. The molecular formula is C19H19F3N2O2S. The summed E-state index contributed by atoms with van der Waals surface area (Å²) in [5.74, 6) is -0.407. The maximum atomic E-state index is 13.1. The van der Waals surface area contributed by atoms with E-state index in [1.54, 1.807) is 17.0 Å². The number of halogens is 3. The second-order valence-electron chi connectivity index (χ2n) is 6.50. The van der Waals surface area contributed by atoms with Crippen molar-refractivity contribution in [2.45, 2.75) is 32.0 Å². The molecule has 8 heteroatoms. The molecule has 0 bridgehead atoms. The van der Waals surface area contributed by atoms with Crippen LogP contribution in [-0.4, -0.2) is 29.8 Å². The molecule has 2 aromatic rings. The molecule has 1 aliphatic rings. The molecule has 2 heterocycles. The van der Waals surface area contributed by atoms with Gasteiger partial charge in [-0.3, -0.25) is 9.59 Å². The number of carbonyl (C=O) groups is 2. The molecule has 1 aliphatic heterocycles. The molecular weight excluding hydrogens is 377 g/mol. The number of nitrogens with one attached hydrogen (secondary N) is 1. The molecule has 1 fully saturated rings. The number of benzene rings is 1. The van der Waals surface area contributed by atoms with Crippen molar-refractivity contribution in [3.63, 3.8) is 0 Å². The van der Waals surface area contributed by atoms with Crippen LogP contribution >= 0.6 is 11.3 Å². The standard InChI is InChI=1S/C19H19F3N2O2S/c1-12-7-8-16(27-12)18(26)23-15(11-24-9-3-6-17(24)25)13-4-2-5-14(10-13)19(20,21)22/h2,4-5,7-8,10,15H,3,6,9,11H2,1H3,(H,23,26)/t15-/m0/s1. The van der Waals surface area contributed by atoms with Crippen LogP contribution in [0.3, 0.4) is 0 Å². The van der Waals surface area contributed by atoms with Crippen LogP contribution in [0.25, 0.3) is 0 Å². The van der Waals surface area contributed by atoms with Gasteiger partial charge in [0.1, 0.15) is 0 Å². The van der Waals surface area contributed by atoms with Gasteiger partial charge in [0.2, 0.25) is 5.91 Å². The molecule has 27 heavy (non-hydrogen) atoms. The van der Waals surface area contributed by atoms with Crippen molar-refractivity contribution in [2.24, 2.45) is 0 Å². The highest BCUT2D eigenvalue weighted by molar-refractivity contribution is 7.13. The molecule has 3 rings (SSSR count). The van der Waals surface area contributed by atoms with E-state index in [0.29, 0.717) is 29.8 Å². The second kappa shape index (κ2) is 7.72. The number of nitrogens with zero attached hydrogens (tertiary/aromatic N) is 1. The average molecular weight is 396 g/mol. The highest BCUT2D eigenvalue weighted by Crippen LogP contribution is 2.31. The summed E-state index contributed by atoms with van der Waals surface area (Å²) in [7, 11) is 0. The smallest absolute Gasteiger partial charge is 0.343 e. The van der Waals surface area contributed by atoms with E-state index >= 15 is 0 Å². The number of carbonyl (C=O) groups excluding carboxylic acids is 2. The van der Waals surface area contributed by atoms with Gasteiger partial charge in [-0.15, -0.1) is 11.3 Å². The van der Waals surface area contributed by atoms with Crippen molar-refractivity contribution in [3.05, 3.63) is 57.3 Å². The van der Waals surface area contributed by atoms with Gasteiger partial charge in [0.25, 0.3) is 5.91 Å². The van der Waals surface area contributed by atoms with Crippen LogP contribution < -0.4 is 5.32 Å². The van der Waals surface area contributed by atoms with Crippen LogP contribution in [0.1, 0.15) is 44.6 Å². The van der Waals surface area contributed by atoms with Crippen molar-refractivity contribution in [2.75, 3.05) is 13.1 Å². The summed E-state index contributed by atoms with van der Waals surface area (Å²) < 4.78 is 39.2. The van der Waals surface area contributed by atoms with Crippen LogP contribution in [0, 0.1) is 6.92 Å². The van der Waals surface area contributed by atoms with Crippen LogP contribution in [0.2, 0.25) is 0 Å². The molecule has 1 aromatic heterocycles. The summed E-state index contributed by atoms with van der Waals surface area (Å²) in [5.41, 5.74) is -0.454. The van der Waals surface area contributed by atoms with E-state index in [2.05, 4.69) is 5.32 Å². The van der Waals surface area contributed by atoms with Crippen LogP contribution in [-0.2, 0) is 11.0 Å². The molecule has 1 saturated heterocycles. The fourth-order valence-corrected chi connectivity index (χ4v) is 3.84. The van der Waals surface area contributed by atoms with Crippen LogP contribution in [0.4, 0.5) is 13.2 Å². The molecule has 2 amide bonds. The van der Waals surface area contributed by atoms with Crippen molar-refractivity contribution in [1.29, 1.82) is 0 Å². The molecule has 0 spiro atoms. The number of hydrogen-bond donors (Lipinski definition) is 1. The molecule has 0 radical (unpaired) electrons. The Bertz CT molecular complexity index is 847. The predicted molar refractivity (Wildman–Crippen MR) is 96.5 cm³/mol. The van der Waals surface area contributed by atoms with E-state index in [0.717, 1.165) is 17.0 Å². The largest absolute Gasteiger partial charge is 0.416 e. The molecule has 0 unspecified atom stereocenters. The van der Waals surface area contributed by atoms with E-state index in [1.165, 1.54) is 17.4 Å². The minimum absolute atomic E-state index is 0.0480. The Balaban J connectivity index is 1.87. The third-order valence-corrected chi connectivity index (χ3v) is 5.46. The number of amides is 2. The first kappa shape index (κ1) is 19.4. The molecule has 0 aliphatic carbocycles. The lowest BCUT2D eigenvalue weighted by molar-refractivity contribution is -0.137. The number of thiophene rings is 1. The molecule has 0 saturated carbocycles. The Hall–Kier alpha value is -2.35. The number of alkyl halides is 3. The van der Waals surface area contributed by atoms with Crippen molar-refractivity contribution in [3.8, 4) is 0 Å². The molecule has 4 nitrogen and oxygen atoms in total. The second-order valence-corrected chi connectivity index (χ2v) is 7.79. The summed E-state index contributed by atoms with van der Waals surface area (Å²) >= 11 is 1.31. The van der Waals surface area contributed by atoms with Gasteiger partial charge in [-0.25, -0.2) is 0 Å². The predicted octanol–water partition coefficient (Wildman–Crippen LogP) is 4.17. The van der Waals surface area contributed by atoms with E-state index in [9.17, 15) is 22.8 Å². The zero-order valence-corrected chi connectivity index (χ0v) is 15.5. The maximum Gasteiger partial charge on any atom is 0.416 e. The Morgan fingerprint density at radius 3 is 2.67 bits per heavy atom. The van der Waals surface area contributed by atoms with Gasteiger partial charge in [0.15, 0.2) is 0 Å². The highest BCUT2D eigenvalue weighted by Gasteiger charge is 2.32. The van der Waals surface area contributed by atoms with E-state index in [1.807, 2.05) is 13.0 Å². The summed E-state index contributed by atoms with van der Waals surface area (Å²) in [4.78, 5) is 27.5. The lowest BCUT2D eigenvalue weighted by atomic mass is 10.0. The number of likely N-dealkylation sites (tertiary alicyclic amines) is 1. The minimum atomic E-state index is -4.47. The average Bonchev–Trinajstić information content (AvgIpc) is 3.22. The Morgan fingerprint density at radius 1 is 1.30 bits per heavy atom. The summed E-state index contributed by atoms with van der Waals surface area (Å²) in [6, 6.07) is 7.66. The number of aryl methyl sites for hydroxylation is 1. The van der Waals surface area contributed by atoms with Gasteiger partial charge < -0.3 is 10.2 Å². The molecule has 144 valence electrons.